The van der Waals surface area contributed by atoms with Crippen LogP contribution >= 0.6 is 11.8 Å². The maximum Gasteiger partial charge on any atom is 0.422 e. The summed E-state index contributed by atoms with van der Waals surface area (Å²) in [7, 11) is 0. The minimum atomic E-state index is -4.42. The van der Waals surface area contributed by atoms with Gasteiger partial charge >= 0.3 is 6.18 Å². The topological polar surface area (TPSA) is 85.7 Å². The molecule has 27 heavy (non-hydrogen) atoms. The number of alkyl halides is 3. The molecule has 0 unspecified atom stereocenters. The fraction of sp³-hybridized carbons (Fsp3) is 0.250. The first-order chi connectivity index (χ1) is 12.9. The van der Waals surface area contributed by atoms with Gasteiger partial charge in [-0.1, -0.05) is 18.7 Å². The van der Waals surface area contributed by atoms with E-state index in [1.807, 2.05) is 6.92 Å². The van der Waals surface area contributed by atoms with E-state index >= 15 is 0 Å². The van der Waals surface area contributed by atoms with Crippen LogP contribution in [0.5, 0.6) is 5.75 Å². The lowest BCUT2D eigenvalue weighted by molar-refractivity contribution is -0.153. The molecule has 0 radical (unpaired) electrons. The van der Waals surface area contributed by atoms with E-state index in [9.17, 15) is 18.0 Å². The third kappa shape index (κ3) is 4.67. The number of aromatic amines is 1. The molecule has 3 aromatic rings. The third-order valence-electron chi connectivity index (χ3n) is 3.34. The van der Waals surface area contributed by atoms with E-state index < -0.39 is 12.8 Å². The van der Waals surface area contributed by atoms with E-state index in [1.54, 1.807) is 0 Å². The van der Waals surface area contributed by atoms with E-state index in [2.05, 4.69) is 25.1 Å². The number of benzene rings is 1. The first-order valence-electron chi connectivity index (χ1n) is 7.80. The molecule has 0 aliphatic heterocycles. The molecule has 0 bridgehead atoms. The summed E-state index contributed by atoms with van der Waals surface area (Å²) < 4.78 is 42.8. The molecule has 1 aromatic carbocycles. The van der Waals surface area contributed by atoms with Gasteiger partial charge < -0.3 is 4.74 Å². The summed E-state index contributed by atoms with van der Waals surface area (Å²) in [5.74, 6) is 0.725. The van der Waals surface area contributed by atoms with E-state index in [0.29, 0.717) is 28.0 Å². The first kappa shape index (κ1) is 19.0. The lowest BCUT2D eigenvalue weighted by atomic mass is 10.3. The van der Waals surface area contributed by atoms with Gasteiger partial charge in [-0.15, -0.1) is 0 Å². The van der Waals surface area contributed by atoms with Gasteiger partial charge in [0.25, 0.3) is 5.56 Å². The highest BCUT2D eigenvalue weighted by Crippen LogP contribution is 2.23. The monoisotopic (exact) mass is 397 g/mol. The highest BCUT2D eigenvalue weighted by atomic mass is 32.2. The average molecular weight is 397 g/mol. The molecule has 0 spiro atoms. The minimum Gasteiger partial charge on any atom is -0.484 e. The molecule has 1 N–H and O–H groups in total. The molecule has 7 nitrogen and oxygen atoms in total. The molecular formula is C16H14F3N5O2S. The Bertz CT molecular complexity index is 956. The Morgan fingerprint density at radius 2 is 1.96 bits per heavy atom. The Balaban J connectivity index is 1.94. The zero-order chi connectivity index (χ0) is 19.4. The van der Waals surface area contributed by atoms with Crippen LogP contribution in [-0.2, 0) is 0 Å². The smallest absolute Gasteiger partial charge is 0.422 e. The number of H-pyrrole nitrogens is 1. The number of halogens is 3. The number of ether oxygens (including phenoxy) is 1. The van der Waals surface area contributed by atoms with Crippen LogP contribution in [0.1, 0.15) is 6.92 Å². The van der Waals surface area contributed by atoms with Crippen LogP contribution in [0.4, 0.5) is 13.2 Å². The van der Waals surface area contributed by atoms with E-state index in [0.717, 1.165) is 0 Å². The number of nitrogens with zero attached hydrogens (tertiary/aromatic N) is 4. The van der Waals surface area contributed by atoms with Gasteiger partial charge in [-0.2, -0.15) is 28.6 Å². The number of aromatic nitrogens is 5. The lowest BCUT2D eigenvalue weighted by Gasteiger charge is -2.13. The van der Waals surface area contributed by atoms with Crippen molar-refractivity contribution in [1.29, 1.82) is 0 Å². The van der Waals surface area contributed by atoms with Crippen molar-refractivity contribution in [3.63, 3.8) is 0 Å². The summed E-state index contributed by atoms with van der Waals surface area (Å²) in [4.78, 5) is 17.1. The van der Waals surface area contributed by atoms with Crippen molar-refractivity contribution >= 4 is 11.8 Å². The lowest BCUT2D eigenvalue weighted by Crippen LogP contribution is -2.21. The molecule has 0 atom stereocenters. The average Bonchev–Trinajstić information content (AvgIpc) is 3.15. The Morgan fingerprint density at radius 3 is 2.56 bits per heavy atom. The number of nitrogens with one attached hydrogen (secondary N) is 1. The summed E-state index contributed by atoms with van der Waals surface area (Å²) in [5, 5.41) is 10.5. The Hall–Kier alpha value is -2.82. The molecule has 0 fully saturated rings. The third-order valence-corrected chi connectivity index (χ3v) is 4.16. The van der Waals surface area contributed by atoms with Crippen molar-refractivity contribution < 1.29 is 17.9 Å². The van der Waals surface area contributed by atoms with Crippen molar-refractivity contribution in [2.45, 2.75) is 18.3 Å². The SMILES string of the molecule is CCSc1nc(-c2cn[nH]n2)cc(=O)n1-c1ccc(OCC(F)(F)F)cc1. The molecule has 2 aromatic heterocycles. The second kappa shape index (κ2) is 7.82. The highest BCUT2D eigenvalue weighted by molar-refractivity contribution is 7.99. The van der Waals surface area contributed by atoms with Gasteiger partial charge in [0.15, 0.2) is 11.8 Å². The summed E-state index contributed by atoms with van der Waals surface area (Å²) in [6, 6.07) is 7.08. The standard InChI is InChI=1S/C16H14F3N5O2S/c1-2-27-15-21-12(13-8-20-23-22-13)7-14(25)24(15)10-3-5-11(6-4-10)26-9-16(17,18)19/h3-8H,2,9H2,1H3,(H,20,22,23). The predicted octanol–water partition coefficient (Wildman–Crippen LogP) is 3.07. The van der Waals surface area contributed by atoms with Crippen LogP contribution in [0.15, 0.2) is 46.5 Å². The van der Waals surface area contributed by atoms with Gasteiger partial charge in [0.05, 0.1) is 11.9 Å². The van der Waals surface area contributed by atoms with E-state index in [-0.39, 0.29) is 11.3 Å². The largest absolute Gasteiger partial charge is 0.484 e. The number of rotatable bonds is 6. The Kier molecular flexibility index (Phi) is 5.49. The highest BCUT2D eigenvalue weighted by Gasteiger charge is 2.28. The van der Waals surface area contributed by atoms with E-state index in [4.69, 9.17) is 0 Å². The normalized spacial score (nSPS) is 11.6. The first-order valence-corrected chi connectivity index (χ1v) is 8.79. The van der Waals surface area contributed by atoms with Crippen LogP contribution in [0.3, 0.4) is 0 Å². The zero-order valence-electron chi connectivity index (χ0n) is 14.0. The van der Waals surface area contributed by atoms with Gasteiger partial charge in [-0.05, 0) is 30.0 Å². The fourth-order valence-corrected chi connectivity index (χ4v) is 2.98. The quantitative estimate of drug-likeness (QED) is 0.508. The molecule has 0 saturated heterocycles. The fourth-order valence-electron chi connectivity index (χ4n) is 2.24. The molecule has 3 rings (SSSR count). The number of hydrogen-bond donors (Lipinski definition) is 1. The Morgan fingerprint density at radius 1 is 1.22 bits per heavy atom. The van der Waals surface area contributed by atoms with Crippen LogP contribution in [0, 0.1) is 0 Å². The van der Waals surface area contributed by atoms with Gasteiger partial charge in [0.2, 0.25) is 0 Å². The summed E-state index contributed by atoms with van der Waals surface area (Å²) in [5.41, 5.74) is 0.941. The zero-order valence-corrected chi connectivity index (χ0v) is 14.8. The molecule has 0 amide bonds. The molecule has 142 valence electrons. The van der Waals surface area contributed by atoms with Crippen molar-refractivity contribution in [3.05, 3.63) is 46.9 Å². The van der Waals surface area contributed by atoms with Crippen molar-refractivity contribution in [1.82, 2.24) is 25.0 Å². The van der Waals surface area contributed by atoms with Gasteiger partial charge in [-0.25, -0.2) is 4.98 Å². The minimum absolute atomic E-state index is 0.0565. The molecule has 0 aliphatic carbocycles. The van der Waals surface area contributed by atoms with Crippen molar-refractivity contribution in [3.8, 4) is 22.8 Å². The van der Waals surface area contributed by atoms with Crippen molar-refractivity contribution in [2.24, 2.45) is 0 Å². The van der Waals surface area contributed by atoms with Crippen LogP contribution in [0.2, 0.25) is 0 Å². The van der Waals surface area contributed by atoms with Crippen molar-refractivity contribution in [2.75, 3.05) is 12.4 Å². The van der Waals surface area contributed by atoms with E-state index in [1.165, 1.54) is 52.9 Å². The van der Waals surface area contributed by atoms with Crippen LogP contribution in [0.25, 0.3) is 17.1 Å². The van der Waals surface area contributed by atoms with Gasteiger partial charge in [0, 0.05) is 6.07 Å². The van der Waals surface area contributed by atoms with Crippen LogP contribution < -0.4 is 10.3 Å². The predicted molar refractivity (Wildman–Crippen MR) is 93.2 cm³/mol. The number of hydrogen-bond acceptors (Lipinski definition) is 6. The Labute approximate surface area is 155 Å². The maximum atomic E-state index is 12.6. The molecular weight excluding hydrogens is 383 g/mol. The molecule has 0 saturated carbocycles. The summed E-state index contributed by atoms with van der Waals surface area (Å²) in [6.07, 6.45) is -2.96. The van der Waals surface area contributed by atoms with Gasteiger partial charge in [0.1, 0.15) is 17.1 Å². The van der Waals surface area contributed by atoms with Gasteiger partial charge in [-0.3, -0.25) is 9.36 Å². The summed E-state index contributed by atoms with van der Waals surface area (Å²) >= 11 is 1.35. The maximum absolute atomic E-state index is 12.6. The molecule has 2 heterocycles. The summed E-state index contributed by atoms with van der Waals surface area (Å²) in [6.45, 7) is 0.537. The molecule has 0 aliphatic rings. The second-order valence-corrected chi connectivity index (χ2v) is 6.51. The number of thioether (sulfide) groups is 1. The van der Waals surface area contributed by atoms with Crippen LogP contribution in [-0.4, -0.2) is 43.5 Å². The second-order valence-electron chi connectivity index (χ2n) is 5.28. The molecule has 11 heteroatoms.